The molecule has 0 radical (unpaired) electrons. The van der Waals surface area contributed by atoms with Gasteiger partial charge < -0.3 is 14.2 Å². The van der Waals surface area contributed by atoms with E-state index in [9.17, 15) is 9.59 Å². The molecule has 0 spiro atoms. The van der Waals surface area contributed by atoms with Crippen molar-refractivity contribution in [2.24, 2.45) is 0 Å². The third-order valence-electron chi connectivity index (χ3n) is 9.85. The van der Waals surface area contributed by atoms with Gasteiger partial charge in [-0.05, 0) is 70.6 Å². The van der Waals surface area contributed by atoms with Crippen molar-refractivity contribution >= 4 is 11.9 Å². The van der Waals surface area contributed by atoms with Crippen LogP contribution in [0.1, 0.15) is 226 Å². The van der Waals surface area contributed by atoms with Gasteiger partial charge in [-0.3, -0.25) is 9.59 Å². The molecule has 1 atom stereocenters. The van der Waals surface area contributed by atoms with Gasteiger partial charge in [0.15, 0.2) is 6.10 Å². The fourth-order valence-corrected chi connectivity index (χ4v) is 6.39. The Morgan fingerprint density at radius 3 is 1.41 bits per heavy atom. The average Bonchev–Trinajstić information content (AvgIpc) is 3.17. The summed E-state index contributed by atoms with van der Waals surface area (Å²) in [4.78, 5) is 25.2. The molecule has 0 aliphatic carbocycles. The Labute approximate surface area is 335 Å². The van der Waals surface area contributed by atoms with Gasteiger partial charge in [0.05, 0.1) is 6.61 Å². The molecule has 54 heavy (non-hydrogen) atoms. The Hall–Kier alpha value is -2.14. The van der Waals surface area contributed by atoms with Gasteiger partial charge in [0.1, 0.15) is 6.61 Å². The summed E-state index contributed by atoms with van der Waals surface area (Å²) in [7, 11) is 0. The molecule has 0 aromatic carbocycles. The predicted molar refractivity (Wildman–Crippen MR) is 233 cm³/mol. The zero-order valence-electron chi connectivity index (χ0n) is 36.0. The molecule has 0 fully saturated rings. The molecule has 0 saturated carbocycles. The molecule has 0 aliphatic heterocycles. The summed E-state index contributed by atoms with van der Waals surface area (Å²) in [6, 6.07) is 0. The topological polar surface area (TPSA) is 61.8 Å². The molecule has 0 amide bonds. The zero-order valence-corrected chi connectivity index (χ0v) is 36.0. The van der Waals surface area contributed by atoms with Crippen molar-refractivity contribution in [2.45, 2.75) is 232 Å². The van der Waals surface area contributed by atoms with Crippen molar-refractivity contribution in [3.63, 3.8) is 0 Å². The summed E-state index contributed by atoms with van der Waals surface area (Å²) >= 11 is 0. The largest absolute Gasteiger partial charge is 0.462 e. The second kappa shape index (κ2) is 45.3. The molecule has 0 aliphatic rings. The lowest BCUT2D eigenvalue weighted by Gasteiger charge is -2.18. The first-order chi connectivity index (χ1) is 26.6. The molecule has 0 aromatic rings. The van der Waals surface area contributed by atoms with E-state index in [0.29, 0.717) is 19.4 Å². The molecule has 0 aromatic heterocycles. The number of ether oxygens (including phenoxy) is 3. The van der Waals surface area contributed by atoms with Crippen LogP contribution in [0.5, 0.6) is 0 Å². The van der Waals surface area contributed by atoms with E-state index >= 15 is 0 Å². The molecule has 0 N–H and O–H groups in total. The number of carbonyl (C=O) groups is 2. The Morgan fingerprint density at radius 1 is 0.426 bits per heavy atom. The lowest BCUT2D eigenvalue weighted by molar-refractivity contribution is -0.163. The summed E-state index contributed by atoms with van der Waals surface area (Å²) in [5.41, 5.74) is 0. The molecular formula is C49H88O5. The fraction of sp³-hybridized carbons (Fsp3) is 0.796. The number of rotatable bonds is 42. The van der Waals surface area contributed by atoms with Crippen molar-refractivity contribution < 1.29 is 23.8 Å². The number of hydrogen-bond donors (Lipinski definition) is 0. The first-order valence-corrected chi connectivity index (χ1v) is 23.2. The Morgan fingerprint density at radius 2 is 0.852 bits per heavy atom. The third kappa shape index (κ3) is 42.6. The van der Waals surface area contributed by atoms with E-state index < -0.39 is 6.10 Å². The minimum atomic E-state index is -0.537. The number of unbranched alkanes of at least 4 members (excludes halogenated alkanes) is 23. The van der Waals surface area contributed by atoms with Crippen LogP contribution >= 0.6 is 0 Å². The minimum Gasteiger partial charge on any atom is -0.462 e. The maximum Gasteiger partial charge on any atom is 0.306 e. The smallest absolute Gasteiger partial charge is 0.306 e. The highest BCUT2D eigenvalue weighted by Crippen LogP contribution is 2.14. The number of allylic oxidation sites excluding steroid dienone is 8. The van der Waals surface area contributed by atoms with Gasteiger partial charge >= 0.3 is 11.9 Å². The summed E-state index contributed by atoms with van der Waals surface area (Å²) < 4.78 is 17.3. The molecule has 0 heterocycles. The van der Waals surface area contributed by atoms with Gasteiger partial charge in [-0.25, -0.2) is 0 Å². The summed E-state index contributed by atoms with van der Waals surface area (Å²) in [5.74, 6) is -0.410. The van der Waals surface area contributed by atoms with Crippen molar-refractivity contribution in [3.8, 4) is 0 Å². The van der Waals surface area contributed by atoms with Crippen molar-refractivity contribution in [2.75, 3.05) is 19.8 Å². The van der Waals surface area contributed by atoms with Gasteiger partial charge in [-0.1, -0.05) is 191 Å². The van der Waals surface area contributed by atoms with Gasteiger partial charge in [0.25, 0.3) is 0 Å². The molecule has 1 unspecified atom stereocenters. The quantitative estimate of drug-likeness (QED) is 0.0353. The number of esters is 2. The summed E-state index contributed by atoms with van der Waals surface area (Å²) in [6.45, 7) is 7.66. The SMILES string of the molecule is CC/C=C\C/C=C\C/C=C\CCCCCCCCCC(=O)OCC(COCCCCCCCC/C=C\CCCC)OC(=O)CCCCCCCCCCC. The van der Waals surface area contributed by atoms with Crippen LogP contribution in [-0.4, -0.2) is 37.9 Å². The Bertz CT molecular complexity index is 904. The molecule has 314 valence electrons. The first kappa shape index (κ1) is 51.9. The van der Waals surface area contributed by atoms with Crippen molar-refractivity contribution in [1.29, 1.82) is 0 Å². The fourth-order valence-electron chi connectivity index (χ4n) is 6.39. The van der Waals surface area contributed by atoms with Crippen LogP contribution in [0.15, 0.2) is 48.6 Å². The highest BCUT2D eigenvalue weighted by Gasteiger charge is 2.17. The van der Waals surface area contributed by atoms with E-state index in [4.69, 9.17) is 14.2 Å². The summed E-state index contributed by atoms with van der Waals surface area (Å²) in [6.07, 6.45) is 53.9. The van der Waals surface area contributed by atoms with Crippen LogP contribution in [0.25, 0.3) is 0 Å². The summed E-state index contributed by atoms with van der Waals surface area (Å²) in [5, 5.41) is 0. The van der Waals surface area contributed by atoms with Crippen LogP contribution in [0.3, 0.4) is 0 Å². The van der Waals surface area contributed by atoms with Gasteiger partial charge in [0, 0.05) is 19.4 Å². The average molecular weight is 757 g/mol. The number of hydrogen-bond acceptors (Lipinski definition) is 5. The third-order valence-corrected chi connectivity index (χ3v) is 9.85. The molecule has 0 saturated heterocycles. The van der Waals surface area contributed by atoms with Crippen molar-refractivity contribution in [1.82, 2.24) is 0 Å². The van der Waals surface area contributed by atoms with Crippen LogP contribution in [-0.2, 0) is 23.8 Å². The maximum absolute atomic E-state index is 12.7. The monoisotopic (exact) mass is 757 g/mol. The van der Waals surface area contributed by atoms with E-state index in [1.165, 1.54) is 122 Å². The van der Waals surface area contributed by atoms with Crippen LogP contribution in [0.2, 0.25) is 0 Å². The predicted octanol–water partition coefficient (Wildman–Crippen LogP) is 15.2. The zero-order chi connectivity index (χ0) is 39.3. The maximum atomic E-state index is 12.7. The Kier molecular flexibility index (Phi) is 43.5. The number of carbonyl (C=O) groups excluding carboxylic acids is 2. The second-order valence-corrected chi connectivity index (χ2v) is 15.3. The molecule has 5 heteroatoms. The van der Waals surface area contributed by atoms with E-state index in [2.05, 4.69) is 69.4 Å². The molecule has 5 nitrogen and oxygen atoms in total. The van der Waals surface area contributed by atoms with Gasteiger partial charge in [-0.15, -0.1) is 0 Å². The Balaban J connectivity index is 4.20. The van der Waals surface area contributed by atoms with E-state index in [0.717, 1.165) is 70.6 Å². The van der Waals surface area contributed by atoms with Gasteiger partial charge in [0.2, 0.25) is 0 Å². The lowest BCUT2D eigenvalue weighted by Crippen LogP contribution is -2.30. The lowest BCUT2D eigenvalue weighted by atomic mass is 10.1. The molecular weight excluding hydrogens is 669 g/mol. The van der Waals surface area contributed by atoms with Crippen LogP contribution in [0.4, 0.5) is 0 Å². The van der Waals surface area contributed by atoms with Crippen LogP contribution in [0, 0.1) is 0 Å². The highest BCUT2D eigenvalue weighted by molar-refractivity contribution is 5.70. The normalized spacial score (nSPS) is 12.6. The van der Waals surface area contributed by atoms with E-state index in [-0.39, 0.29) is 25.2 Å². The van der Waals surface area contributed by atoms with Gasteiger partial charge in [-0.2, -0.15) is 0 Å². The molecule has 0 rings (SSSR count). The van der Waals surface area contributed by atoms with E-state index in [1.807, 2.05) is 0 Å². The second-order valence-electron chi connectivity index (χ2n) is 15.3. The first-order valence-electron chi connectivity index (χ1n) is 23.2. The van der Waals surface area contributed by atoms with Crippen molar-refractivity contribution in [3.05, 3.63) is 48.6 Å². The van der Waals surface area contributed by atoms with E-state index in [1.54, 1.807) is 0 Å². The minimum absolute atomic E-state index is 0.0796. The standard InChI is InChI=1S/C49H88O5/c1-4-7-10-13-16-19-21-23-24-25-26-27-28-31-33-36-39-42-48(50)53-46-47(54-49(51)43-40-37-34-30-18-15-12-9-6-3)45-52-44-41-38-35-32-29-22-20-17-14-11-8-5-2/h7,10,14,16-17,19,23-24,47H,4-6,8-9,11-13,15,18,20-22,25-46H2,1-3H3/b10-7-,17-14-,19-16-,24-23-. The highest BCUT2D eigenvalue weighted by atomic mass is 16.6. The van der Waals surface area contributed by atoms with Crippen LogP contribution < -0.4 is 0 Å². The molecule has 0 bridgehead atoms.